The number of piperidine rings is 1. The number of anilines is 1. The molecule has 2 aliphatic rings. The molecule has 2 unspecified atom stereocenters. The van der Waals surface area contributed by atoms with Gasteiger partial charge < -0.3 is 5.32 Å². The van der Waals surface area contributed by atoms with Crippen molar-refractivity contribution in [3.8, 4) is 0 Å². The van der Waals surface area contributed by atoms with Crippen LogP contribution in [0, 0.1) is 0 Å². The first-order valence-electron chi connectivity index (χ1n) is 5.13. The van der Waals surface area contributed by atoms with E-state index in [1.54, 1.807) is 0 Å². The van der Waals surface area contributed by atoms with Crippen LogP contribution in [-0.2, 0) is 0 Å². The number of rotatable bonds is 1. The zero-order valence-electron chi connectivity index (χ0n) is 7.96. The van der Waals surface area contributed by atoms with Gasteiger partial charge in [-0.15, -0.1) is 0 Å². The minimum atomic E-state index is 0.650. The highest BCUT2D eigenvalue weighted by Gasteiger charge is 2.33. The molecule has 0 aromatic heterocycles. The largest absolute Gasteiger partial charge is 0.316 e. The van der Waals surface area contributed by atoms with Crippen molar-refractivity contribution < 1.29 is 5.21 Å². The summed E-state index contributed by atoms with van der Waals surface area (Å²) in [6.45, 7) is 2.19. The molecule has 74 valence electrons. The van der Waals surface area contributed by atoms with Gasteiger partial charge in [0.1, 0.15) is 0 Å². The second kappa shape index (κ2) is 2.97. The summed E-state index contributed by atoms with van der Waals surface area (Å²) in [5, 5.41) is 12.3. The van der Waals surface area contributed by atoms with Gasteiger partial charge >= 0.3 is 0 Å². The Kier molecular flexibility index (Phi) is 1.75. The fourth-order valence-electron chi connectivity index (χ4n) is 2.79. The fourth-order valence-corrected chi connectivity index (χ4v) is 2.79. The highest BCUT2D eigenvalue weighted by atomic mass is 16.5. The first-order chi connectivity index (χ1) is 6.88. The van der Waals surface area contributed by atoms with Gasteiger partial charge in [-0.3, -0.25) is 10.7 Å². The number of hydrogen-bond donors (Lipinski definition) is 3. The zero-order valence-corrected chi connectivity index (χ0v) is 7.96. The minimum Gasteiger partial charge on any atom is -0.316 e. The molecule has 1 fully saturated rings. The molecule has 14 heavy (non-hydrogen) atoms. The number of benzene rings is 1. The third kappa shape index (κ3) is 1.06. The lowest BCUT2D eigenvalue weighted by Crippen LogP contribution is -2.28. The molecule has 1 aliphatic heterocycles. The van der Waals surface area contributed by atoms with Crippen LogP contribution < -0.4 is 10.8 Å². The van der Waals surface area contributed by atoms with Crippen molar-refractivity contribution >= 4 is 5.69 Å². The Bertz CT molecular complexity index is 364. The van der Waals surface area contributed by atoms with Crippen molar-refractivity contribution in [2.45, 2.75) is 18.3 Å². The molecule has 0 spiro atoms. The predicted molar refractivity (Wildman–Crippen MR) is 54.8 cm³/mol. The normalized spacial score (nSPS) is 28.6. The molecule has 1 heterocycles. The molecule has 2 bridgehead atoms. The van der Waals surface area contributed by atoms with Gasteiger partial charge in [0.15, 0.2) is 0 Å². The Morgan fingerprint density at radius 3 is 2.79 bits per heavy atom. The smallest absolute Gasteiger partial charge is 0.0605 e. The molecule has 0 radical (unpaired) electrons. The second-order valence-corrected chi connectivity index (χ2v) is 4.24. The van der Waals surface area contributed by atoms with Crippen LogP contribution in [0.1, 0.15) is 29.4 Å². The molecule has 2 atom stereocenters. The first-order valence-corrected chi connectivity index (χ1v) is 5.13. The minimum absolute atomic E-state index is 0.650. The van der Waals surface area contributed by atoms with Gasteiger partial charge in [0.25, 0.3) is 0 Å². The molecule has 3 N–H and O–H groups in total. The molecule has 3 heteroatoms. The Morgan fingerprint density at radius 1 is 1.21 bits per heavy atom. The summed E-state index contributed by atoms with van der Waals surface area (Å²) in [5.74, 6) is 1.34. The third-order valence-electron chi connectivity index (χ3n) is 3.45. The highest BCUT2D eigenvalue weighted by molar-refractivity contribution is 5.52. The van der Waals surface area contributed by atoms with E-state index in [0.29, 0.717) is 11.8 Å². The third-order valence-corrected chi connectivity index (χ3v) is 3.45. The van der Waals surface area contributed by atoms with E-state index in [0.717, 1.165) is 18.8 Å². The van der Waals surface area contributed by atoms with Gasteiger partial charge in [-0.1, -0.05) is 6.07 Å². The summed E-state index contributed by atoms with van der Waals surface area (Å²) in [6.07, 6.45) is 1.28. The molecule has 0 saturated carbocycles. The van der Waals surface area contributed by atoms with E-state index in [1.165, 1.54) is 17.5 Å². The predicted octanol–water partition coefficient (Wildman–Crippen LogP) is 1.66. The molecule has 1 saturated heterocycles. The number of hydrogen-bond acceptors (Lipinski definition) is 3. The van der Waals surface area contributed by atoms with Crippen molar-refractivity contribution in [2.75, 3.05) is 18.6 Å². The van der Waals surface area contributed by atoms with Crippen molar-refractivity contribution in [3.63, 3.8) is 0 Å². The van der Waals surface area contributed by atoms with Crippen LogP contribution in [0.4, 0.5) is 5.69 Å². The van der Waals surface area contributed by atoms with E-state index >= 15 is 0 Å². The van der Waals surface area contributed by atoms with Crippen molar-refractivity contribution in [3.05, 3.63) is 29.3 Å². The summed E-state index contributed by atoms with van der Waals surface area (Å²) in [5.41, 5.74) is 5.91. The maximum absolute atomic E-state index is 8.84. The molecule has 1 aromatic carbocycles. The summed E-state index contributed by atoms with van der Waals surface area (Å²) < 4.78 is 0. The van der Waals surface area contributed by atoms with Crippen LogP contribution in [0.15, 0.2) is 18.2 Å². The Hall–Kier alpha value is -1.06. The van der Waals surface area contributed by atoms with Gasteiger partial charge in [0, 0.05) is 13.1 Å². The van der Waals surface area contributed by atoms with Crippen molar-refractivity contribution in [1.82, 2.24) is 5.32 Å². The molecule has 1 aromatic rings. The van der Waals surface area contributed by atoms with E-state index in [1.807, 2.05) is 6.07 Å². The quantitative estimate of drug-likeness (QED) is 0.590. The van der Waals surface area contributed by atoms with Crippen molar-refractivity contribution in [2.24, 2.45) is 0 Å². The standard InChI is InChI=1S/C11H14N2O/c14-13-9-1-2-10-7-3-8(6-12-5-7)11(10)4-9/h1-2,4,7-8,12-14H,3,5-6H2. The van der Waals surface area contributed by atoms with Gasteiger partial charge in [-0.2, -0.15) is 0 Å². The molecule has 3 nitrogen and oxygen atoms in total. The average molecular weight is 190 g/mol. The Balaban J connectivity index is 2.08. The van der Waals surface area contributed by atoms with Gasteiger partial charge in [-0.05, 0) is 41.5 Å². The number of fused-ring (bicyclic) bond motifs is 5. The Morgan fingerprint density at radius 2 is 2.00 bits per heavy atom. The fraction of sp³-hybridized carbons (Fsp3) is 0.455. The lowest BCUT2D eigenvalue weighted by molar-refractivity contribution is 0.389. The van der Waals surface area contributed by atoms with Gasteiger partial charge in [-0.25, -0.2) is 0 Å². The monoisotopic (exact) mass is 190 g/mol. The van der Waals surface area contributed by atoms with Crippen LogP contribution in [0.5, 0.6) is 0 Å². The SMILES string of the molecule is ONc1ccc2c(c1)C1CNCC2C1. The number of nitrogens with one attached hydrogen (secondary N) is 2. The van der Waals surface area contributed by atoms with Crippen LogP contribution in [0.3, 0.4) is 0 Å². The van der Waals surface area contributed by atoms with E-state index < -0.39 is 0 Å². The molecule has 0 amide bonds. The molecule has 3 rings (SSSR count). The maximum atomic E-state index is 8.84. The average Bonchev–Trinajstić information content (AvgIpc) is 2.51. The second-order valence-electron chi connectivity index (χ2n) is 4.24. The summed E-state index contributed by atoms with van der Waals surface area (Å²) in [7, 11) is 0. The van der Waals surface area contributed by atoms with Crippen LogP contribution >= 0.6 is 0 Å². The van der Waals surface area contributed by atoms with Gasteiger partial charge in [0.2, 0.25) is 0 Å². The first kappa shape index (κ1) is 8.26. The summed E-state index contributed by atoms with van der Waals surface area (Å²) in [4.78, 5) is 0. The van der Waals surface area contributed by atoms with Crippen LogP contribution in [-0.4, -0.2) is 18.3 Å². The topological polar surface area (TPSA) is 44.3 Å². The van der Waals surface area contributed by atoms with E-state index in [2.05, 4.69) is 22.9 Å². The van der Waals surface area contributed by atoms with Crippen LogP contribution in [0.25, 0.3) is 0 Å². The van der Waals surface area contributed by atoms with Crippen LogP contribution in [0.2, 0.25) is 0 Å². The summed E-state index contributed by atoms with van der Waals surface area (Å²) >= 11 is 0. The molecule has 1 aliphatic carbocycles. The van der Waals surface area contributed by atoms with Crippen molar-refractivity contribution in [1.29, 1.82) is 0 Å². The van der Waals surface area contributed by atoms with E-state index in [-0.39, 0.29) is 0 Å². The van der Waals surface area contributed by atoms with E-state index in [9.17, 15) is 0 Å². The highest BCUT2D eigenvalue weighted by Crippen LogP contribution is 2.44. The lowest BCUT2D eigenvalue weighted by atomic mass is 9.98. The summed E-state index contributed by atoms with van der Waals surface area (Å²) in [6, 6.07) is 6.16. The molecular formula is C11H14N2O. The lowest BCUT2D eigenvalue weighted by Gasteiger charge is -2.19. The van der Waals surface area contributed by atoms with E-state index in [4.69, 9.17) is 5.21 Å². The zero-order chi connectivity index (χ0) is 9.54. The van der Waals surface area contributed by atoms with Gasteiger partial charge in [0.05, 0.1) is 5.69 Å². The molecular weight excluding hydrogens is 176 g/mol. The maximum Gasteiger partial charge on any atom is 0.0605 e. The Labute approximate surface area is 83.1 Å².